The SMILES string of the molecule is O=C(Cc1csc(NC(=O)[C@H]2CCC(=O)N2)n1)NCc1ccc2c(c1)OCO2. The molecular formula is C18H18N4O5S. The Hall–Kier alpha value is -3.14. The lowest BCUT2D eigenvalue weighted by atomic mass is 10.2. The van der Waals surface area contributed by atoms with Crippen molar-refractivity contribution in [1.29, 1.82) is 0 Å². The first-order chi connectivity index (χ1) is 13.6. The molecule has 9 nitrogen and oxygen atoms in total. The zero-order valence-corrected chi connectivity index (χ0v) is 15.6. The highest BCUT2D eigenvalue weighted by atomic mass is 32.1. The Balaban J connectivity index is 1.26. The van der Waals surface area contributed by atoms with Gasteiger partial charge in [0.05, 0.1) is 12.1 Å². The zero-order valence-electron chi connectivity index (χ0n) is 14.8. The number of amides is 3. The number of nitrogens with one attached hydrogen (secondary N) is 3. The van der Waals surface area contributed by atoms with E-state index in [1.807, 2.05) is 18.2 Å². The normalized spacial score (nSPS) is 17.3. The summed E-state index contributed by atoms with van der Waals surface area (Å²) >= 11 is 1.24. The summed E-state index contributed by atoms with van der Waals surface area (Å²) in [5.41, 5.74) is 1.47. The van der Waals surface area contributed by atoms with E-state index in [9.17, 15) is 14.4 Å². The number of benzene rings is 1. The zero-order chi connectivity index (χ0) is 19.5. The lowest BCUT2D eigenvalue weighted by molar-refractivity contribution is -0.122. The molecule has 0 bridgehead atoms. The van der Waals surface area contributed by atoms with Gasteiger partial charge in [0.1, 0.15) is 6.04 Å². The molecule has 1 aromatic heterocycles. The molecule has 10 heteroatoms. The number of anilines is 1. The van der Waals surface area contributed by atoms with Crippen LogP contribution >= 0.6 is 11.3 Å². The molecule has 2 aromatic rings. The van der Waals surface area contributed by atoms with Crippen molar-refractivity contribution in [2.75, 3.05) is 12.1 Å². The number of thiazole rings is 1. The minimum absolute atomic E-state index is 0.108. The van der Waals surface area contributed by atoms with Gasteiger partial charge in [-0.25, -0.2) is 4.98 Å². The molecule has 28 heavy (non-hydrogen) atoms. The topological polar surface area (TPSA) is 119 Å². The van der Waals surface area contributed by atoms with Crippen molar-refractivity contribution in [2.24, 2.45) is 0 Å². The molecule has 1 fully saturated rings. The van der Waals surface area contributed by atoms with E-state index in [0.29, 0.717) is 41.7 Å². The van der Waals surface area contributed by atoms with Gasteiger partial charge in [-0.2, -0.15) is 0 Å². The van der Waals surface area contributed by atoms with Crippen LogP contribution in [0.4, 0.5) is 5.13 Å². The average molecular weight is 402 g/mol. The second kappa shape index (κ2) is 7.85. The molecule has 0 aliphatic carbocycles. The Morgan fingerprint density at radius 3 is 2.96 bits per heavy atom. The minimum Gasteiger partial charge on any atom is -0.454 e. The summed E-state index contributed by atoms with van der Waals surface area (Å²) in [6.45, 7) is 0.575. The smallest absolute Gasteiger partial charge is 0.248 e. The van der Waals surface area contributed by atoms with Crippen LogP contribution in [-0.4, -0.2) is 35.5 Å². The second-order valence-corrected chi connectivity index (χ2v) is 7.29. The Morgan fingerprint density at radius 1 is 1.29 bits per heavy atom. The molecule has 0 saturated carbocycles. The summed E-state index contributed by atoms with van der Waals surface area (Å²) in [7, 11) is 0. The maximum atomic E-state index is 12.2. The van der Waals surface area contributed by atoms with E-state index >= 15 is 0 Å². The number of ether oxygens (including phenoxy) is 2. The molecule has 3 N–H and O–H groups in total. The highest BCUT2D eigenvalue weighted by Crippen LogP contribution is 2.32. The minimum atomic E-state index is -0.523. The first-order valence-electron chi connectivity index (χ1n) is 8.77. The number of hydrogen-bond donors (Lipinski definition) is 3. The number of aromatic nitrogens is 1. The fraction of sp³-hybridized carbons (Fsp3) is 0.333. The van der Waals surface area contributed by atoms with E-state index in [-0.39, 0.29) is 30.9 Å². The van der Waals surface area contributed by atoms with Crippen molar-refractivity contribution in [3.05, 3.63) is 34.8 Å². The Morgan fingerprint density at radius 2 is 2.14 bits per heavy atom. The highest BCUT2D eigenvalue weighted by molar-refractivity contribution is 7.13. The number of hydrogen-bond acceptors (Lipinski definition) is 7. The molecule has 2 aliphatic rings. The number of fused-ring (bicyclic) bond motifs is 1. The van der Waals surface area contributed by atoms with Crippen molar-refractivity contribution in [3.8, 4) is 11.5 Å². The van der Waals surface area contributed by atoms with Crippen LogP contribution in [0, 0.1) is 0 Å². The van der Waals surface area contributed by atoms with Gasteiger partial charge >= 0.3 is 0 Å². The Bertz CT molecular complexity index is 928. The molecule has 0 unspecified atom stereocenters. The van der Waals surface area contributed by atoms with Gasteiger partial charge in [0.15, 0.2) is 16.6 Å². The summed E-state index contributed by atoms with van der Waals surface area (Å²) in [4.78, 5) is 39.7. The molecule has 1 aromatic carbocycles. The molecule has 3 amide bonds. The van der Waals surface area contributed by atoms with Crippen LogP contribution in [0.15, 0.2) is 23.6 Å². The largest absolute Gasteiger partial charge is 0.454 e. The number of carbonyl (C=O) groups is 3. The van der Waals surface area contributed by atoms with Crippen molar-refractivity contribution in [2.45, 2.75) is 31.8 Å². The van der Waals surface area contributed by atoms with E-state index in [4.69, 9.17) is 9.47 Å². The maximum absolute atomic E-state index is 12.2. The number of nitrogens with zero attached hydrogens (tertiary/aromatic N) is 1. The molecular weight excluding hydrogens is 384 g/mol. The van der Waals surface area contributed by atoms with Gasteiger partial charge in [-0.15, -0.1) is 11.3 Å². The predicted octanol–water partition coefficient (Wildman–Crippen LogP) is 0.948. The molecule has 0 radical (unpaired) electrons. The van der Waals surface area contributed by atoms with Crippen LogP contribution in [0.5, 0.6) is 11.5 Å². The van der Waals surface area contributed by atoms with E-state index in [0.717, 1.165) is 5.56 Å². The van der Waals surface area contributed by atoms with Crippen LogP contribution in [0.25, 0.3) is 0 Å². The first kappa shape index (κ1) is 18.2. The number of carbonyl (C=O) groups excluding carboxylic acids is 3. The molecule has 146 valence electrons. The molecule has 2 aliphatic heterocycles. The van der Waals surface area contributed by atoms with Gasteiger partial charge in [-0.05, 0) is 24.1 Å². The molecule has 1 saturated heterocycles. The predicted molar refractivity (Wildman–Crippen MR) is 100 cm³/mol. The third-order valence-corrected chi connectivity index (χ3v) is 5.17. The van der Waals surface area contributed by atoms with Crippen molar-refractivity contribution < 1.29 is 23.9 Å². The van der Waals surface area contributed by atoms with Gasteiger partial charge in [-0.1, -0.05) is 6.07 Å². The van der Waals surface area contributed by atoms with Crippen LogP contribution in [0.3, 0.4) is 0 Å². The van der Waals surface area contributed by atoms with Crippen LogP contribution < -0.4 is 25.4 Å². The van der Waals surface area contributed by atoms with Crippen molar-refractivity contribution in [1.82, 2.24) is 15.6 Å². The standard InChI is InChI=1S/C18H18N4O5S/c23-15-4-2-12(21-15)17(25)22-18-20-11(8-28-18)6-16(24)19-7-10-1-3-13-14(5-10)27-9-26-13/h1,3,5,8,12H,2,4,6-7,9H2,(H,19,24)(H,21,23)(H,20,22,25)/t12-/m1/s1. The van der Waals surface area contributed by atoms with Crippen LogP contribution in [-0.2, 0) is 27.3 Å². The van der Waals surface area contributed by atoms with Gasteiger partial charge in [0.25, 0.3) is 0 Å². The maximum Gasteiger partial charge on any atom is 0.248 e. The highest BCUT2D eigenvalue weighted by Gasteiger charge is 2.27. The van der Waals surface area contributed by atoms with E-state index in [2.05, 4.69) is 20.9 Å². The Labute approximate surface area is 164 Å². The van der Waals surface area contributed by atoms with Crippen molar-refractivity contribution in [3.63, 3.8) is 0 Å². The van der Waals surface area contributed by atoms with E-state index < -0.39 is 6.04 Å². The molecule has 3 heterocycles. The third-order valence-electron chi connectivity index (χ3n) is 4.36. The summed E-state index contributed by atoms with van der Waals surface area (Å²) in [6, 6.07) is 4.99. The third kappa shape index (κ3) is 4.22. The quantitative estimate of drug-likeness (QED) is 0.662. The monoisotopic (exact) mass is 402 g/mol. The van der Waals surface area contributed by atoms with Gasteiger partial charge < -0.3 is 25.4 Å². The lowest BCUT2D eigenvalue weighted by Crippen LogP contribution is -2.37. The molecule has 0 spiro atoms. The average Bonchev–Trinajstić information content (AvgIpc) is 3.40. The summed E-state index contributed by atoms with van der Waals surface area (Å²) in [5.74, 6) is 0.774. The van der Waals surface area contributed by atoms with Crippen LogP contribution in [0.1, 0.15) is 24.1 Å². The van der Waals surface area contributed by atoms with Crippen LogP contribution in [0.2, 0.25) is 0 Å². The second-order valence-electron chi connectivity index (χ2n) is 6.43. The molecule has 1 atom stereocenters. The van der Waals surface area contributed by atoms with Crippen molar-refractivity contribution >= 4 is 34.2 Å². The summed E-state index contributed by atoms with van der Waals surface area (Å²) < 4.78 is 10.6. The first-order valence-corrected chi connectivity index (χ1v) is 9.64. The summed E-state index contributed by atoms with van der Waals surface area (Å²) in [6.07, 6.45) is 0.937. The fourth-order valence-electron chi connectivity index (χ4n) is 2.93. The molecule has 4 rings (SSSR count). The van der Waals surface area contributed by atoms with Gasteiger partial charge in [0.2, 0.25) is 24.5 Å². The lowest BCUT2D eigenvalue weighted by Gasteiger charge is -2.08. The fourth-order valence-corrected chi connectivity index (χ4v) is 3.64. The van der Waals surface area contributed by atoms with Gasteiger partial charge in [-0.3, -0.25) is 14.4 Å². The summed E-state index contributed by atoms with van der Waals surface area (Å²) in [5, 5.41) is 10.2. The van der Waals surface area contributed by atoms with Gasteiger partial charge in [0, 0.05) is 18.3 Å². The van der Waals surface area contributed by atoms with E-state index in [1.54, 1.807) is 5.38 Å². The van der Waals surface area contributed by atoms with E-state index in [1.165, 1.54) is 11.3 Å². The Kier molecular flexibility index (Phi) is 5.11. The number of rotatable bonds is 6.